The standard InChI is InChI=1S/C21H16N4O6S2/c1-3-30-20(27)17-11(2)14(10-22)19(33-17)24-21(32)23-18(26)16-8-7-15(31-16)12-5-4-6-13(9-12)25(28)29/h4-9H,3H2,1-2H3,(H2,23,24,26,32). The number of nitrogens with one attached hydrogen (secondary N) is 2. The van der Waals surface area contributed by atoms with E-state index in [-0.39, 0.29) is 39.4 Å². The summed E-state index contributed by atoms with van der Waals surface area (Å²) in [7, 11) is 0. The topological polar surface area (TPSA) is 148 Å². The first-order valence-corrected chi connectivity index (χ1v) is 10.6. The van der Waals surface area contributed by atoms with Crippen molar-refractivity contribution in [3.8, 4) is 17.4 Å². The van der Waals surface area contributed by atoms with Gasteiger partial charge in [0.25, 0.3) is 11.6 Å². The van der Waals surface area contributed by atoms with Gasteiger partial charge in [0, 0.05) is 17.7 Å². The predicted octanol–water partition coefficient (Wildman–Crippen LogP) is 4.40. The normalized spacial score (nSPS) is 10.2. The number of non-ortho nitro benzene ring substituents is 1. The van der Waals surface area contributed by atoms with Gasteiger partial charge in [-0.05, 0) is 43.8 Å². The molecule has 0 spiro atoms. The fraction of sp³-hybridized carbons (Fsp3) is 0.143. The molecule has 12 heteroatoms. The lowest BCUT2D eigenvalue weighted by Gasteiger charge is -2.07. The van der Waals surface area contributed by atoms with Gasteiger partial charge in [-0.25, -0.2) is 4.79 Å². The largest absolute Gasteiger partial charge is 0.462 e. The molecule has 10 nitrogen and oxygen atoms in total. The maximum Gasteiger partial charge on any atom is 0.348 e. The Morgan fingerprint density at radius 1 is 1.33 bits per heavy atom. The number of thiocarbonyl (C=S) groups is 1. The van der Waals surface area contributed by atoms with Crippen LogP contribution in [0, 0.1) is 28.4 Å². The van der Waals surface area contributed by atoms with Crippen LogP contribution in [-0.2, 0) is 4.74 Å². The van der Waals surface area contributed by atoms with Crippen LogP contribution in [-0.4, -0.2) is 28.5 Å². The number of nitriles is 1. The van der Waals surface area contributed by atoms with E-state index in [1.807, 2.05) is 6.07 Å². The summed E-state index contributed by atoms with van der Waals surface area (Å²) >= 11 is 6.15. The van der Waals surface area contributed by atoms with E-state index in [9.17, 15) is 25.0 Å². The highest BCUT2D eigenvalue weighted by molar-refractivity contribution is 7.80. The van der Waals surface area contributed by atoms with Crippen LogP contribution >= 0.6 is 23.6 Å². The summed E-state index contributed by atoms with van der Waals surface area (Å²) in [6.45, 7) is 3.48. The zero-order valence-electron chi connectivity index (χ0n) is 17.3. The first-order valence-electron chi connectivity index (χ1n) is 9.42. The monoisotopic (exact) mass is 484 g/mol. The fourth-order valence-electron chi connectivity index (χ4n) is 2.81. The van der Waals surface area contributed by atoms with Gasteiger partial charge in [0.1, 0.15) is 21.7 Å². The van der Waals surface area contributed by atoms with Crippen LogP contribution in [0.5, 0.6) is 0 Å². The lowest BCUT2D eigenvalue weighted by molar-refractivity contribution is -0.384. The Labute approximate surface area is 196 Å². The third-order valence-electron chi connectivity index (χ3n) is 4.34. The van der Waals surface area contributed by atoms with Gasteiger partial charge in [-0.2, -0.15) is 5.26 Å². The number of thiophene rings is 1. The molecule has 0 radical (unpaired) electrons. The van der Waals surface area contributed by atoms with Gasteiger partial charge in [-0.3, -0.25) is 20.2 Å². The van der Waals surface area contributed by atoms with Gasteiger partial charge >= 0.3 is 5.97 Å². The van der Waals surface area contributed by atoms with Gasteiger partial charge in [-0.1, -0.05) is 12.1 Å². The van der Waals surface area contributed by atoms with Crippen molar-refractivity contribution in [2.24, 2.45) is 0 Å². The van der Waals surface area contributed by atoms with Crippen molar-refractivity contribution in [3.63, 3.8) is 0 Å². The van der Waals surface area contributed by atoms with Crippen LogP contribution in [0.4, 0.5) is 10.7 Å². The molecule has 2 N–H and O–H groups in total. The molecule has 2 aromatic heterocycles. The number of nitro groups is 1. The summed E-state index contributed by atoms with van der Waals surface area (Å²) < 4.78 is 10.5. The first kappa shape index (κ1) is 23.6. The van der Waals surface area contributed by atoms with E-state index in [0.717, 1.165) is 11.3 Å². The molecule has 1 aromatic carbocycles. The maximum atomic E-state index is 12.5. The average molecular weight is 485 g/mol. The van der Waals surface area contributed by atoms with Crippen molar-refractivity contribution in [2.45, 2.75) is 13.8 Å². The van der Waals surface area contributed by atoms with Gasteiger partial charge < -0.3 is 14.5 Å². The minimum Gasteiger partial charge on any atom is -0.462 e. The quantitative estimate of drug-likeness (QED) is 0.225. The Balaban J connectivity index is 1.72. The molecule has 0 bridgehead atoms. The van der Waals surface area contributed by atoms with E-state index in [2.05, 4.69) is 10.6 Å². The third-order valence-corrected chi connectivity index (χ3v) is 5.74. The smallest absolute Gasteiger partial charge is 0.348 e. The Bertz CT molecular complexity index is 1300. The molecular formula is C21H16N4O6S2. The number of amides is 1. The molecule has 0 aliphatic carbocycles. The number of benzene rings is 1. The number of anilines is 1. The molecule has 0 aliphatic heterocycles. The van der Waals surface area contributed by atoms with Gasteiger partial charge in [-0.15, -0.1) is 11.3 Å². The lowest BCUT2D eigenvalue weighted by Crippen LogP contribution is -2.33. The minimum absolute atomic E-state index is 0.0734. The van der Waals surface area contributed by atoms with Crippen molar-refractivity contribution < 1.29 is 23.7 Å². The second-order valence-electron chi connectivity index (χ2n) is 6.47. The zero-order chi connectivity index (χ0) is 24.1. The van der Waals surface area contributed by atoms with Crippen LogP contribution in [0.15, 0.2) is 40.8 Å². The number of nitro benzene ring substituents is 1. The highest BCUT2D eigenvalue weighted by Crippen LogP contribution is 2.33. The Morgan fingerprint density at radius 3 is 2.76 bits per heavy atom. The molecule has 2 heterocycles. The van der Waals surface area contributed by atoms with E-state index in [1.165, 1.54) is 30.3 Å². The molecule has 0 unspecified atom stereocenters. The molecular weight excluding hydrogens is 468 g/mol. The van der Waals surface area contributed by atoms with E-state index >= 15 is 0 Å². The van der Waals surface area contributed by atoms with Crippen molar-refractivity contribution in [1.29, 1.82) is 5.26 Å². The zero-order valence-corrected chi connectivity index (χ0v) is 19.0. The van der Waals surface area contributed by atoms with E-state index < -0.39 is 16.8 Å². The average Bonchev–Trinajstić information content (AvgIpc) is 3.39. The van der Waals surface area contributed by atoms with Gasteiger partial charge in [0.2, 0.25) is 0 Å². The highest BCUT2D eigenvalue weighted by atomic mass is 32.1. The Hall–Kier alpha value is -4.08. The molecule has 0 saturated carbocycles. The molecule has 0 saturated heterocycles. The number of nitrogens with zero attached hydrogens (tertiary/aromatic N) is 2. The minimum atomic E-state index is -0.665. The summed E-state index contributed by atoms with van der Waals surface area (Å²) in [5.41, 5.74) is 0.987. The molecule has 0 atom stereocenters. The number of carbonyl (C=O) groups excluding carboxylic acids is 2. The van der Waals surface area contributed by atoms with Crippen LogP contribution in [0.1, 0.15) is 38.3 Å². The van der Waals surface area contributed by atoms with Crippen LogP contribution in [0.25, 0.3) is 11.3 Å². The van der Waals surface area contributed by atoms with Crippen molar-refractivity contribution in [1.82, 2.24) is 5.32 Å². The lowest BCUT2D eigenvalue weighted by atomic mass is 10.1. The molecule has 168 valence electrons. The molecule has 33 heavy (non-hydrogen) atoms. The second kappa shape index (κ2) is 10.0. The number of esters is 1. The van der Waals surface area contributed by atoms with Crippen LogP contribution in [0.3, 0.4) is 0 Å². The molecule has 0 fully saturated rings. The summed E-state index contributed by atoms with van der Waals surface area (Å²) in [4.78, 5) is 35.3. The number of furan rings is 1. The number of hydrogen-bond donors (Lipinski definition) is 2. The number of ether oxygens (including phenoxy) is 1. The fourth-order valence-corrected chi connectivity index (χ4v) is 4.13. The van der Waals surface area contributed by atoms with E-state index in [0.29, 0.717) is 16.1 Å². The number of hydrogen-bond acceptors (Lipinski definition) is 9. The third kappa shape index (κ3) is 5.22. The van der Waals surface area contributed by atoms with Crippen molar-refractivity contribution in [2.75, 3.05) is 11.9 Å². The molecule has 3 rings (SSSR count). The van der Waals surface area contributed by atoms with Crippen LogP contribution in [0.2, 0.25) is 0 Å². The van der Waals surface area contributed by atoms with Gasteiger partial charge in [0.15, 0.2) is 10.9 Å². The van der Waals surface area contributed by atoms with Gasteiger partial charge in [0.05, 0.1) is 17.1 Å². The van der Waals surface area contributed by atoms with Crippen LogP contribution < -0.4 is 10.6 Å². The predicted molar refractivity (Wildman–Crippen MR) is 124 cm³/mol. The second-order valence-corrected chi connectivity index (χ2v) is 7.90. The summed E-state index contributed by atoms with van der Waals surface area (Å²) in [6.07, 6.45) is 0. The van der Waals surface area contributed by atoms with E-state index in [1.54, 1.807) is 19.9 Å². The maximum absolute atomic E-state index is 12.5. The summed E-state index contributed by atoms with van der Waals surface area (Å²) in [5, 5.41) is 25.8. The molecule has 0 aliphatic rings. The van der Waals surface area contributed by atoms with Crippen molar-refractivity contribution in [3.05, 3.63) is 68.3 Å². The Morgan fingerprint density at radius 2 is 2.09 bits per heavy atom. The van der Waals surface area contributed by atoms with Crippen molar-refractivity contribution >= 4 is 51.2 Å². The molecule has 1 amide bonds. The highest BCUT2D eigenvalue weighted by Gasteiger charge is 2.22. The number of carbonyl (C=O) groups is 2. The summed E-state index contributed by atoms with van der Waals surface area (Å²) in [5.74, 6) is -1.02. The summed E-state index contributed by atoms with van der Waals surface area (Å²) in [6, 6.07) is 10.7. The number of rotatable bonds is 6. The Kier molecular flexibility index (Phi) is 7.17. The first-order chi connectivity index (χ1) is 15.7. The van der Waals surface area contributed by atoms with E-state index in [4.69, 9.17) is 21.4 Å². The molecule has 3 aromatic rings. The SMILES string of the molecule is CCOC(=O)c1sc(NC(=S)NC(=O)c2ccc(-c3cccc([N+](=O)[O-])c3)o2)c(C#N)c1C.